The molecule has 0 saturated carbocycles. The second kappa shape index (κ2) is 16.3. The van der Waals surface area contributed by atoms with Crippen LogP contribution in [0.1, 0.15) is 62.9 Å². The molecule has 0 spiro atoms. The summed E-state index contributed by atoms with van der Waals surface area (Å²) in [6.07, 6.45) is 2.86. The third-order valence-corrected chi connectivity index (χ3v) is 8.86. The lowest BCUT2D eigenvalue weighted by atomic mass is 9.98. The first-order valence-corrected chi connectivity index (χ1v) is 16.2. The van der Waals surface area contributed by atoms with Gasteiger partial charge >= 0.3 is 5.97 Å². The number of methoxy groups -OCH3 is 1. The Labute approximate surface area is 259 Å². The van der Waals surface area contributed by atoms with E-state index in [9.17, 15) is 4.79 Å². The highest BCUT2D eigenvalue weighted by Gasteiger charge is 2.52. The van der Waals surface area contributed by atoms with E-state index in [0.717, 1.165) is 47.5 Å². The zero-order valence-corrected chi connectivity index (χ0v) is 25.8. The third-order valence-electron chi connectivity index (χ3n) is 7.70. The zero-order chi connectivity index (χ0) is 29.9. The average Bonchev–Trinajstić information content (AvgIpc) is 3.05. The minimum atomic E-state index is -0.692. The van der Waals surface area contributed by atoms with Crippen LogP contribution in [-0.2, 0) is 35.1 Å². The third kappa shape index (κ3) is 8.83. The van der Waals surface area contributed by atoms with Crippen molar-refractivity contribution in [1.82, 2.24) is 0 Å². The summed E-state index contributed by atoms with van der Waals surface area (Å²) in [6, 6.07) is 27.6. The van der Waals surface area contributed by atoms with Crippen LogP contribution >= 0.6 is 11.8 Å². The van der Waals surface area contributed by atoms with Crippen LogP contribution < -0.4 is 4.74 Å². The molecule has 2 saturated heterocycles. The Bertz CT molecular complexity index is 1240. The van der Waals surface area contributed by atoms with Gasteiger partial charge < -0.3 is 28.4 Å². The number of unbranched alkanes of at least 4 members (excludes halogenated alkanes) is 4. The number of thioether (sulfide) groups is 1. The summed E-state index contributed by atoms with van der Waals surface area (Å²) in [5, 5.41) is 0. The van der Waals surface area contributed by atoms with E-state index >= 15 is 0 Å². The monoisotopic (exact) mass is 606 g/mol. The van der Waals surface area contributed by atoms with Crippen molar-refractivity contribution in [3.63, 3.8) is 0 Å². The van der Waals surface area contributed by atoms with Gasteiger partial charge in [-0.25, -0.2) is 0 Å². The quantitative estimate of drug-likeness (QED) is 0.138. The minimum Gasteiger partial charge on any atom is -0.497 e. The van der Waals surface area contributed by atoms with Gasteiger partial charge in [0.25, 0.3) is 0 Å². The lowest BCUT2D eigenvalue weighted by Crippen LogP contribution is -2.62. The number of fused-ring (bicyclic) bond motifs is 1. The van der Waals surface area contributed by atoms with E-state index in [2.05, 4.69) is 6.92 Å². The molecule has 6 atom stereocenters. The van der Waals surface area contributed by atoms with Gasteiger partial charge in [0.15, 0.2) is 12.4 Å². The molecule has 3 aromatic rings. The maximum atomic E-state index is 13.3. The molecule has 0 aromatic heterocycles. The van der Waals surface area contributed by atoms with Gasteiger partial charge in [-0.3, -0.25) is 4.79 Å². The Hall–Kier alpha value is -2.88. The van der Waals surface area contributed by atoms with Crippen molar-refractivity contribution in [3.8, 4) is 5.75 Å². The number of rotatable bonds is 14. The maximum Gasteiger partial charge on any atom is 0.306 e. The summed E-state index contributed by atoms with van der Waals surface area (Å²) in [5.41, 5.74) is 1.38. The average molecular weight is 607 g/mol. The highest BCUT2D eigenvalue weighted by Crippen LogP contribution is 2.41. The Morgan fingerprint density at radius 3 is 2.30 bits per heavy atom. The molecule has 7 nitrogen and oxygen atoms in total. The number of hydrogen-bond acceptors (Lipinski definition) is 8. The van der Waals surface area contributed by atoms with Gasteiger partial charge in [-0.15, -0.1) is 0 Å². The normalized spacial score (nSPS) is 25.1. The van der Waals surface area contributed by atoms with Gasteiger partial charge in [0.05, 0.1) is 20.3 Å². The van der Waals surface area contributed by atoms with Crippen molar-refractivity contribution in [2.45, 2.75) is 93.1 Å². The lowest BCUT2D eigenvalue weighted by Gasteiger charge is -2.48. The molecule has 0 bridgehead atoms. The second-order valence-corrected chi connectivity index (χ2v) is 12.1. The Morgan fingerprint density at radius 1 is 0.860 bits per heavy atom. The van der Waals surface area contributed by atoms with E-state index in [-0.39, 0.29) is 5.97 Å². The van der Waals surface area contributed by atoms with Crippen LogP contribution in [0.5, 0.6) is 5.75 Å². The molecule has 0 amide bonds. The molecule has 2 heterocycles. The van der Waals surface area contributed by atoms with Crippen LogP contribution in [0.3, 0.4) is 0 Å². The van der Waals surface area contributed by atoms with Crippen molar-refractivity contribution in [2.24, 2.45) is 0 Å². The van der Waals surface area contributed by atoms with Crippen molar-refractivity contribution in [3.05, 3.63) is 96.1 Å². The largest absolute Gasteiger partial charge is 0.497 e. The Morgan fingerprint density at radius 2 is 1.58 bits per heavy atom. The van der Waals surface area contributed by atoms with Crippen LogP contribution in [0, 0.1) is 0 Å². The van der Waals surface area contributed by atoms with Gasteiger partial charge in [0, 0.05) is 16.9 Å². The standard InChI is InChI=1S/C35H42O7S/c1-3-4-5-6-13-18-30(36)41-33-32(38-23-25-19-21-27(37-2)22-20-25)31-29(40-35(33)43-28-16-11-8-12-17-28)24-39-34(42-31)26-14-9-7-10-15-26/h7-12,14-17,19-22,29,31-35H,3-6,13,18,23-24H2,1-2H3/t29-,31-,32+,33+,34?,35-/m1/s1. The van der Waals surface area contributed by atoms with Gasteiger partial charge in [0.1, 0.15) is 29.5 Å². The van der Waals surface area contributed by atoms with E-state index in [1.54, 1.807) is 7.11 Å². The van der Waals surface area contributed by atoms with Gasteiger partial charge in [0.2, 0.25) is 0 Å². The molecule has 2 fully saturated rings. The molecule has 1 unspecified atom stereocenters. The topological polar surface area (TPSA) is 72.5 Å². The van der Waals surface area contributed by atoms with Gasteiger partial charge in [-0.05, 0) is 36.2 Å². The highest BCUT2D eigenvalue weighted by atomic mass is 32.2. The molecule has 8 heteroatoms. The fourth-order valence-corrected chi connectivity index (χ4v) is 6.49. The molecule has 2 aliphatic rings. The van der Waals surface area contributed by atoms with E-state index in [0.29, 0.717) is 19.6 Å². The summed E-state index contributed by atoms with van der Waals surface area (Å²) < 4.78 is 37.5. The predicted molar refractivity (Wildman–Crippen MR) is 166 cm³/mol. The number of carbonyl (C=O) groups excluding carboxylic acids is 1. The summed E-state index contributed by atoms with van der Waals surface area (Å²) in [6.45, 7) is 2.82. The number of benzene rings is 3. The fraction of sp³-hybridized carbons (Fsp3) is 0.457. The molecule has 43 heavy (non-hydrogen) atoms. The first kappa shape index (κ1) is 31.5. The van der Waals surface area contributed by atoms with Crippen molar-refractivity contribution < 1.29 is 33.2 Å². The van der Waals surface area contributed by atoms with E-state index in [4.69, 9.17) is 28.4 Å². The van der Waals surface area contributed by atoms with E-state index < -0.39 is 36.1 Å². The van der Waals surface area contributed by atoms with Crippen LogP contribution in [0.15, 0.2) is 89.8 Å². The van der Waals surface area contributed by atoms with Crippen molar-refractivity contribution in [2.75, 3.05) is 13.7 Å². The minimum absolute atomic E-state index is 0.244. The van der Waals surface area contributed by atoms with Crippen LogP contribution in [0.2, 0.25) is 0 Å². The predicted octanol–water partition coefficient (Wildman–Crippen LogP) is 7.48. The highest BCUT2D eigenvalue weighted by molar-refractivity contribution is 7.99. The molecular weight excluding hydrogens is 564 g/mol. The number of carbonyl (C=O) groups is 1. The van der Waals surface area contributed by atoms with E-state index in [1.165, 1.54) is 18.2 Å². The second-order valence-electron chi connectivity index (χ2n) is 10.9. The molecule has 5 rings (SSSR count). The van der Waals surface area contributed by atoms with Crippen LogP contribution in [0.4, 0.5) is 0 Å². The van der Waals surface area contributed by atoms with Crippen molar-refractivity contribution >= 4 is 17.7 Å². The number of hydrogen-bond donors (Lipinski definition) is 0. The number of ether oxygens (including phenoxy) is 6. The van der Waals surface area contributed by atoms with Gasteiger partial charge in [-0.1, -0.05) is 105 Å². The summed E-state index contributed by atoms with van der Waals surface area (Å²) in [7, 11) is 1.65. The first-order valence-electron chi connectivity index (χ1n) is 15.3. The van der Waals surface area contributed by atoms with Gasteiger partial charge in [-0.2, -0.15) is 0 Å². The number of esters is 1. The molecule has 2 aliphatic heterocycles. The zero-order valence-electron chi connectivity index (χ0n) is 25.0. The molecule has 0 radical (unpaired) electrons. The molecule has 0 aliphatic carbocycles. The van der Waals surface area contributed by atoms with Crippen LogP contribution in [-0.4, -0.2) is 49.5 Å². The fourth-order valence-electron chi connectivity index (χ4n) is 5.37. The summed E-state index contributed by atoms with van der Waals surface area (Å²) in [4.78, 5) is 14.3. The molecule has 3 aromatic carbocycles. The Kier molecular flexibility index (Phi) is 11.9. The summed E-state index contributed by atoms with van der Waals surface area (Å²) in [5.74, 6) is 0.533. The molecule has 230 valence electrons. The maximum absolute atomic E-state index is 13.3. The summed E-state index contributed by atoms with van der Waals surface area (Å²) >= 11 is 1.53. The molecule has 0 N–H and O–H groups in total. The SMILES string of the molecule is CCCCCCCC(=O)O[C@H]1[C@@H](OCc2ccc(OC)cc2)[C@@H]2OC(c3ccccc3)OC[C@H]2O[C@@H]1Sc1ccccc1. The van der Waals surface area contributed by atoms with E-state index in [1.807, 2.05) is 84.9 Å². The molecular formula is C35H42O7S. The Balaban J connectivity index is 1.39. The van der Waals surface area contributed by atoms with Crippen LogP contribution in [0.25, 0.3) is 0 Å². The first-order chi connectivity index (χ1) is 21.1. The van der Waals surface area contributed by atoms with Crippen molar-refractivity contribution in [1.29, 1.82) is 0 Å². The smallest absolute Gasteiger partial charge is 0.306 e. The lowest BCUT2D eigenvalue weighted by molar-refractivity contribution is -0.326.